The van der Waals surface area contributed by atoms with Crippen molar-refractivity contribution in [1.29, 1.82) is 0 Å². The van der Waals surface area contributed by atoms with Crippen LogP contribution in [0.25, 0.3) is 0 Å². The standard InChI is InChI=1S/C16H17N3O3/c1-11-7-8-14(19(21)22)10-15(11)17-16(20)12-5-4-6-13(9-12)18(2)3/h4-10H,1-3H3,(H,17,20). The molecule has 2 aromatic rings. The molecule has 2 rings (SSSR count). The lowest BCUT2D eigenvalue weighted by Gasteiger charge is -2.14. The Labute approximate surface area is 128 Å². The molecule has 0 atom stereocenters. The largest absolute Gasteiger partial charge is 0.378 e. The summed E-state index contributed by atoms with van der Waals surface area (Å²) >= 11 is 0. The molecule has 0 saturated heterocycles. The predicted molar refractivity (Wildman–Crippen MR) is 86.6 cm³/mol. The molecule has 1 N–H and O–H groups in total. The number of anilines is 2. The number of nitro groups is 1. The molecule has 0 aliphatic rings. The number of amides is 1. The Morgan fingerprint density at radius 3 is 2.55 bits per heavy atom. The molecule has 114 valence electrons. The Bertz CT molecular complexity index is 726. The van der Waals surface area contributed by atoms with E-state index in [2.05, 4.69) is 5.32 Å². The van der Waals surface area contributed by atoms with Gasteiger partial charge in [0.05, 0.1) is 10.6 Å². The van der Waals surface area contributed by atoms with Crippen LogP contribution in [0.15, 0.2) is 42.5 Å². The number of nitrogens with one attached hydrogen (secondary N) is 1. The first-order chi connectivity index (χ1) is 10.4. The third kappa shape index (κ3) is 3.41. The van der Waals surface area contributed by atoms with Crippen LogP contribution < -0.4 is 10.2 Å². The predicted octanol–water partition coefficient (Wildman–Crippen LogP) is 3.22. The number of nitrogens with zero attached hydrogens (tertiary/aromatic N) is 2. The zero-order valence-electron chi connectivity index (χ0n) is 12.7. The molecular weight excluding hydrogens is 282 g/mol. The van der Waals surface area contributed by atoms with Gasteiger partial charge >= 0.3 is 0 Å². The van der Waals surface area contributed by atoms with Gasteiger partial charge in [-0.2, -0.15) is 0 Å². The number of hydrogen-bond acceptors (Lipinski definition) is 4. The van der Waals surface area contributed by atoms with E-state index in [4.69, 9.17) is 0 Å². The van der Waals surface area contributed by atoms with Crippen LogP contribution >= 0.6 is 0 Å². The first kappa shape index (κ1) is 15.5. The van der Waals surface area contributed by atoms with E-state index in [0.717, 1.165) is 11.3 Å². The fourth-order valence-electron chi connectivity index (χ4n) is 1.98. The summed E-state index contributed by atoms with van der Waals surface area (Å²) in [5.41, 5.74) is 2.56. The van der Waals surface area contributed by atoms with E-state index in [0.29, 0.717) is 11.3 Å². The molecule has 0 fully saturated rings. The first-order valence-corrected chi connectivity index (χ1v) is 6.72. The van der Waals surface area contributed by atoms with Crippen molar-refractivity contribution in [2.45, 2.75) is 6.92 Å². The highest BCUT2D eigenvalue weighted by molar-refractivity contribution is 6.05. The van der Waals surface area contributed by atoms with E-state index in [-0.39, 0.29) is 11.6 Å². The van der Waals surface area contributed by atoms with Crippen LogP contribution in [0, 0.1) is 17.0 Å². The molecule has 0 aliphatic carbocycles. The van der Waals surface area contributed by atoms with Gasteiger partial charge in [-0.15, -0.1) is 0 Å². The average molecular weight is 299 g/mol. The van der Waals surface area contributed by atoms with E-state index in [9.17, 15) is 14.9 Å². The molecule has 6 heteroatoms. The van der Waals surface area contributed by atoms with Crippen LogP contribution in [0.2, 0.25) is 0 Å². The molecule has 0 heterocycles. The lowest BCUT2D eigenvalue weighted by atomic mass is 10.1. The lowest BCUT2D eigenvalue weighted by molar-refractivity contribution is -0.384. The van der Waals surface area contributed by atoms with Crippen molar-refractivity contribution in [3.05, 3.63) is 63.7 Å². The topological polar surface area (TPSA) is 75.5 Å². The van der Waals surface area contributed by atoms with Crippen LogP contribution in [-0.2, 0) is 0 Å². The summed E-state index contributed by atoms with van der Waals surface area (Å²) in [5.74, 6) is -0.299. The van der Waals surface area contributed by atoms with Gasteiger partial charge < -0.3 is 10.2 Å². The minimum Gasteiger partial charge on any atom is -0.378 e. The van der Waals surface area contributed by atoms with Crippen LogP contribution in [-0.4, -0.2) is 24.9 Å². The molecule has 0 bridgehead atoms. The number of hydrogen-bond donors (Lipinski definition) is 1. The highest BCUT2D eigenvalue weighted by Gasteiger charge is 2.12. The van der Waals surface area contributed by atoms with Gasteiger partial charge in [-0.1, -0.05) is 12.1 Å². The highest BCUT2D eigenvalue weighted by Crippen LogP contribution is 2.23. The van der Waals surface area contributed by atoms with Gasteiger partial charge in [-0.3, -0.25) is 14.9 Å². The molecule has 6 nitrogen and oxygen atoms in total. The second kappa shape index (κ2) is 6.26. The Morgan fingerprint density at radius 1 is 1.18 bits per heavy atom. The zero-order chi connectivity index (χ0) is 16.3. The monoisotopic (exact) mass is 299 g/mol. The van der Waals surface area contributed by atoms with Gasteiger partial charge in [0.25, 0.3) is 11.6 Å². The molecular formula is C16H17N3O3. The van der Waals surface area contributed by atoms with Gasteiger partial charge in [0.1, 0.15) is 0 Å². The summed E-state index contributed by atoms with van der Waals surface area (Å²) in [6.45, 7) is 1.79. The maximum absolute atomic E-state index is 12.3. The number of rotatable bonds is 4. The molecule has 1 amide bonds. The van der Waals surface area contributed by atoms with Gasteiger partial charge in [0.15, 0.2) is 0 Å². The second-order valence-electron chi connectivity index (χ2n) is 5.16. The molecule has 0 saturated carbocycles. The van der Waals surface area contributed by atoms with Gasteiger partial charge in [0.2, 0.25) is 0 Å². The smallest absolute Gasteiger partial charge is 0.271 e. The van der Waals surface area contributed by atoms with Crippen molar-refractivity contribution in [1.82, 2.24) is 0 Å². The molecule has 0 aromatic heterocycles. The number of carbonyl (C=O) groups excluding carboxylic acids is 1. The van der Waals surface area contributed by atoms with E-state index < -0.39 is 4.92 Å². The number of non-ortho nitro benzene ring substituents is 1. The number of carbonyl (C=O) groups is 1. The Morgan fingerprint density at radius 2 is 1.91 bits per heavy atom. The van der Waals surface area contributed by atoms with Crippen LogP contribution in [0.1, 0.15) is 15.9 Å². The van der Waals surface area contributed by atoms with Gasteiger partial charge in [-0.25, -0.2) is 0 Å². The van der Waals surface area contributed by atoms with Crippen LogP contribution in [0.4, 0.5) is 17.1 Å². The summed E-state index contributed by atoms with van der Waals surface area (Å²) in [4.78, 5) is 24.6. The minimum absolute atomic E-state index is 0.0528. The highest BCUT2D eigenvalue weighted by atomic mass is 16.6. The summed E-state index contributed by atoms with van der Waals surface area (Å²) in [7, 11) is 3.78. The number of benzene rings is 2. The Kier molecular flexibility index (Phi) is 4.41. The fourth-order valence-corrected chi connectivity index (χ4v) is 1.98. The van der Waals surface area contributed by atoms with Crippen molar-refractivity contribution in [2.75, 3.05) is 24.3 Å². The van der Waals surface area contributed by atoms with E-state index >= 15 is 0 Å². The third-order valence-electron chi connectivity index (χ3n) is 3.30. The van der Waals surface area contributed by atoms with Crippen molar-refractivity contribution in [3.8, 4) is 0 Å². The minimum atomic E-state index is -0.484. The Balaban J connectivity index is 2.27. The quantitative estimate of drug-likeness (QED) is 0.694. The SMILES string of the molecule is Cc1ccc([N+](=O)[O-])cc1NC(=O)c1cccc(N(C)C)c1. The van der Waals surface area contributed by atoms with Crippen molar-refractivity contribution < 1.29 is 9.72 Å². The second-order valence-corrected chi connectivity index (χ2v) is 5.16. The maximum Gasteiger partial charge on any atom is 0.271 e. The molecule has 0 aliphatic heterocycles. The Hall–Kier alpha value is -2.89. The number of aryl methyl sites for hydroxylation is 1. The van der Waals surface area contributed by atoms with Crippen molar-refractivity contribution in [3.63, 3.8) is 0 Å². The number of nitro benzene ring substituents is 1. The van der Waals surface area contributed by atoms with Crippen LogP contribution in [0.5, 0.6) is 0 Å². The fraction of sp³-hybridized carbons (Fsp3) is 0.188. The van der Waals surface area contributed by atoms with Crippen molar-refractivity contribution >= 4 is 23.0 Å². The average Bonchev–Trinajstić information content (AvgIpc) is 2.49. The maximum atomic E-state index is 12.3. The van der Waals surface area contributed by atoms with Gasteiger partial charge in [0, 0.05) is 37.5 Å². The van der Waals surface area contributed by atoms with E-state index in [1.54, 1.807) is 31.2 Å². The molecule has 0 spiro atoms. The molecule has 0 radical (unpaired) electrons. The summed E-state index contributed by atoms with van der Waals surface area (Å²) in [6.07, 6.45) is 0. The van der Waals surface area contributed by atoms with Gasteiger partial charge in [-0.05, 0) is 30.7 Å². The summed E-state index contributed by atoms with van der Waals surface area (Å²) < 4.78 is 0. The third-order valence-corrected chi connectivity index (χ3v) is 3.30. The zero-order valence-corrected chi connectivity index (χ0v) is 12.7. The molecule has 2 aromatic carbocycles. The summed E-state index contributed by atoms with van der Waals surface area (Å²) in [6, 6.07) is 11.6. The molecule has 0 unspecified atom stereocenters. The lowest BCUT2D eigenvalue weighted by Crippen LogP contribution is -2.15. The van der Waals surface area contributed by atoms with E-state index in [1.165, 1.54) is 12.1 Å². The van der Waals surface area contributed by atoms with E-state index in [1.807, 2.05) is 25.1 Å². The molecule has 22 heavy (non-hydrogen) atoms. The van der Waals surface area contributed by atoms with Crippen molar-refractivity contribution in [2.24, 2.45) is 0 Å². The summed E-state index contributed by atoms with van der Waals surface area (Å²) in [5, 5.41) is 13.6. The first-order valence-electron chi connectivity index (χ1n) is 6.72. The van der Waals surface area contributed by atoms with Crippen LogP contribution in [0.3, 0.4) is 0 Å². The normalized spacial score (nSPS) is 10.1.